The zero-order valence-electron chi connectivity index (χ0n) is 16.5. The third-order valence-electron chi connectivity index (χ3n) is 4.12. The van der Waals surface area contributed by atoms with E-state index in [1.165, 1.54) is 30.4 Å². The molecule has 0 aromatic carbocycles. The quantitative estimate of drug-likeness (QED) is 0.476. The summed E-state index contributed by atoms with van der Waals surface area (Å²) in [6.07, 6.45) is 10.4. The number of fused-ring (bicyclic) bond motifs is 1. The highest BCUT2D eigenvalue weighted by atomic mass is 16.5. The maximum atomic E-state index is 11.3. The average molecular weight is 389 g/mol. The summed E-state index contributed by atoms with van der Waals surface area (Å²) in [6, 6.07) is 1.69. The topological polar surface area (TPSA) is 104 Å². The number of hydrogen-bond donors (Lipinski definition) is 1. The molecule has 2 aromatic rings. The Morgan fingerprint density at radius 3 is 2.61 bits per heavy atom. The van der Waals surface area contributed by atoms with Crippen molar-refractivity contribution in [2.45, 2.75) is 58.2 Å². The fraction of sp³-hybridized carbons (Fsp3) is 0.500. The first kappa shape index (κ1) is 21.6. The lowest BCUT2D eigenvalue weighted by Gasteiger charge is -2.22. The summed E-state index contributed by atoms with van der Waals surface area (Å²) in [5, 5.41) is 12.9. The molecule has 8 nitrogen and oxygen atoms in total. The molecule has 1 saturated carbocycles. The highest BCUT2D eigenvalue weighted by Gasteiger charge is 2.20. The van der Waals surface area contributed by atoms with Crippen LogP contribution in [-0.4, -0.2) is 51.6 Å². The number of esters is 1. The van der Waals surface area contributed by atoms with Gasteiger partial charge in [0, 0.05) is 18.4 Å². The highest BCUT2D eigenvalue weighted by molar-refractivity contribution is 5.96. The summed E-state index contributed by atoms with van der Waals surface area (Å²) < 4.78 is 11.9. The van der Waals surface area contributed by atoms with Crippen LogP contribution < -0.4 is 4.74 Å². The number of nitrogens with zero attached hydrogens (tertiary/aromatic N) is 3. The second-order valence-corrected chi connectivity index (χ2v) is 6.77. The number of aliphatic hydroxyl groups is 1. The lowest BCUT2D eigenvalue weighted by atomic mass is 9.98. The van der Waals surface area contributed by atoms with Crippen LogP contribution >= 0.6 is 0 Å². The van der Waals surface area contributed by atoms with Gasteiger partial charge in [-0.15, -0.1) is 0 Å². The van der Waals surface area contributed by atoms with Gasteiger partial charge in [0.15, 0.2) is 0 Å². The third kappa shape index (κ3) is 5.88. The van der Waals surface area contributed by atoms with E-state index in [2.05, 4.69) is 14.8 Å². The van der Waals surface area contributed by atoms with Crippen LogP contribution in [0.1, 0.15) is 51.6 Å². The van der Waals surface area contributed by atoms with Crippen molar-refractivity contribution in [3.05, 3.63) is 24.0 Å². The van der Waals surface area contributed by atoms with Gasteiger partial charge in [-0.05, 0) is 51.7 Å². The summed E-state index contributed by atoms with van der Waals surface area (Å²) >= 11 is 0. The molecule has 1 aliphatic carbocycles. The molecule has 2 aromatic heterocycles. The lowest BCUT2D eigenvalue weighted by Crippen LogP contribution is -2.20. The standard InChI is InChI=1S/C17H19N3O4.C3H8O/c1-23-15(22)8-7-13-16-14(20(11-21)19-13)9-10-18-17(16)24-12-5-3-2-4-6-12;1-3(2)4/h7-12H,2-6H2,1H3;3-4H,1-2H3/b8-7+;. The van der Waals surface area contributed by atoms with E-state index in [1.54, 1.807) is 26.1 Å². The van der Waals surface area contributed by atoms with Crippen molar-refractivity contribution in [1.29, 1.82) is 0 Å². The number of methoxy groups -OCH3 is 1. The van der Waals surface area contributed by atoms with Crippen molar-refractivity contribution in [3.63, 3.8) is 0 Å². The maximum Gasteiger partial charge on any atom is 0.330 e. The molecule has 8 heteroatoms. The zero-order valence-corrected chi connectivity index (χ0v) is 16.5. The largest absolute Gasteiger partial charge is 0.474 e. The Kier molecular flexibility index (Phi) is 8.13. The highest BCUT2D eigenvalue weighted by Crippen LogP contribution is 2.30. The average Bonchev–Trinajstić information content (AvgIpc) is 3.05. The normalized spacial score (nSPS) is 14.8. The van der Waals surface area contributed by atoms with E-state index in [-0.39, 0.29) is 12.2 Å². The molecule has 0 radical (unpaired) electrons. The molecule has 1 fully saturated rings. The number of ether oxygens (including phenoxy) is 2. The van der Waals surface area contributed by atoms with Gasteiger partial charge in [-0.25, -0.2) is 14.5 Å². The Bertz CT molecular complexity index is 820. The molecule has 0 aliphatic heterocycles. The predicted molar refractivity (Wildman–Crippen MR) is 106 cm³/mol. The van der Waals surface area contributed by atoms with Gasteiger partial charge in [0.2, 0.25) is 12.3 Å². The van der Waals surface area contributed by atoms with Gasteiger partial charge >= 0.3 is 5.97 Å². The monoisotopic (exact) mass is 389 g/mol. The number of carbonyl (C=O) groups excluding carboxylic acids is 2. The summed E-state index contributed by atoms with van der Waals surface area (Å²) in [4.78, 5) is 26.9. The fourth-order valence-corrected chi connectivity index (χ4v) is 2.93. The number of carbonyl (C=O) groups is 2. The molecule has 0 atom stereocenters. The summed E-state index contributed by atoms with van der Waals surface area (Å²) in [5.41, 5.74) is 1.04. The van der Waals surface area contributed by atoms with E-state index in [4.69, 9.17) is 9.84 Å². The molecule has 1 N–H and O–H groups in total. The van der Waals surface area contributed by atoms with E-state index in [0.717, 1.165) is 25.7 Å². The number of hydrogen-bond acceptors (Lipinski definition) is 7. The van der Waals surface area contributed by atoms with Crippen molar-refractivity contribution in [2.75, 3.05) is 7.11 Å². The van der Waals surface area contributed by atoms with Crippen LogP contribution in [0, 0.1) is 0 Å². The van der Waals surface area contributed by atoms with E-state index >= 15 is 0 Å². The summed E-state index contributed by atoms with van der Waals surface area (Å²) in [6.45, 7) is 3.44. The Morgan fingerprint density at radius 1 is 1.32 bits per heavy atom. The second kappa shape index (κ2) is 10.6. The number of aliphatic hydroxyl groups excluding tert-OH is 1. The molecule has 28 heavy (non-hydrogen) atoms. The Balaban J connectivity index is 0.000000640. The van der Waals surface area contributed by atoms with Crippen LogP contribution in [0.4, 0.5) is 0 Å². The van der Waals surface area contributed by atoms with Crippen LogP contribution in [0.5, 0.6) is 5.88 Å². The Morgan fingerprint density at radius 2 is 2.00 bits per heavy atom. The van der Waals surface area contributed by atoms with E-state index in [9.17, 15) is 9.59 Å². The summed E-state index contributed by atoms with van der Waals surface area (Å²) in [5.74, 6) is -0.0561. The van der Waals surface area contributed by atoms with Crippen molar-refractivity contribution in [2.24, 2.45) is 0 Å². The van der Waals surface area contributed by atoms with Crippen molar-refractivity contribution in [3.8, 4) is 5.88 Å². The van der Waals surface area contributed by atoms with E-state index in [0.29, 0.717) is 28.9 Å². The number of pyridine rings is 1. The van der Waals surface area contributed by atoms with Crippen LogP contribution in [0.25, 0.3) is 17.0 Å². The van der Waals surface area contributed by atoms with Crippen LogP contribution in [0.3, 0.4) is 0 Å². The predicted octanol–water partition coefficient (Wildman–Crippen LogP) is 2.75. The fourth-order valence-electron chi connectivity index (χ4n) is 2.93. The molecule has 1 aliphatic rings. The molecular formula is C20H27N3O5. The van der Waals surface area contributed by atoms with Gasteiger partial charge in [-0.3, -0.25) is 4.79 Å². The van der Waals surface area contributed by atoms with Gasteiger partial charge in [-0.2, -0.15) is 5.10 Å². The van der Waals surface area contributed by atoms with Gasteiger partial charge in [0.25, 0.3) is 0 Å². The lowest BCUT2D eigenvalue weighted by molar-refractivity contribution is -0.134. The Hall–Kier alpha value is -2.74. The first-order valence-electron chi connectivity index (χ1n) is 9.39. The maximum absolute atomic E-state index is 11.3. The van der Waals surface area contributed by atoms with Crippen LogP contribution in [0.2, 0.25) is 0 Å². The third-order valence-corrected chi connectivity index (χ3v) is 4.12. The molecule has 0 spiro atoms. The molecule has 0 unspecified atom stereocenters. The first-order valence-corrected chi connectivity index (χ1v) is 9.39. The van der Waals surface area contributed by atoms with Crippen LogP contribution in [0.15, 0.2) is 18.3 Å². The molecule has 3 rings (SSSR count). The van der Waals surface area contributed by atoms with E-state index in [1.807, 2.05) is 0 Å². The van der Waals surface area contributed by atoms with E-state index < -0.39 is 5.97 Å². The number of rotatable bonds is 5. The molecule has 0 saturated heterocycles. The number of aromatic nitrogens is 3. The Labute approximate surface area is 164 Å². The molecule has 0 bridgehead atoms. The minimum Gasteiger partial charge on any atom is -0.474 e. The second-order valence-electron chi connectivity index (χ2n) is 6.77. The molecule has 2 heterocycles. The van der Waals surface area contributed by atoms with Crippen molar-refractivity contribution in [1.82, 2.24) is 14.8 Å². The van der Waals surface area contributed by atoms with Crippen LogP contribution in [-0.2, 0) is 14.3 Å². The summed E-state index contributed by atoms with van der Waals surface area (Å²) in [7, 11) is 1.30. The van der Waals surface area contributed by atoms with Gasteiger partial charge in [0.05, 0.1) is 23.7 Å². The zero-order chi connectivity index (χ0) is 20.5. The van der Waals surface area contributed by atoms with Crippen molar-refractivity contribution < 1.29 is 24.2 Å². The minimum absolute atomic E-state index is 0.119. The van der Waals surface area contributed by atoms with Gasteiger partial charge in [0.1, 0.15) is 6.10 Å². The van der Waals surface area contributed by atoms with Gasteiger partial charge in [-0.1, -0.05) is 6.42 Å². The molecular weight excluding hydrogens is 362 g/mol. The minimum atomic E-state index is -0.498. The first-order chi connectivity index (χ1) is 13.5. The van der Waals surface area contributed by atoms with Gasteiger partial charge < -0.3 is 14.6 Å². The smallest absolute Gasteiger partial charge is 0.330 e. The molecule has 0 amide bonds. The molecule has 152 valence electrons. The van der Waals surface area contributed by atoms with Crippen molar-refractivity contribution >= 4 is 29.4 Å². The SMILES string of the molecule is CC(C)O.COC(=O)/C=C/c1nn(C=O)c2ccnc(OC3CCCCC3)c12.